The van der Waals surface area contributed by atoms with Crippen LogP contribution in [0, 0.1) is 10.1 Å². The summed E-state index contributed by atoms with van der Waals surface area (Å²) >= 11 is 0. The molecule has 0 saturated heterocycles. The number of hydrogen-bond acceptors (Lipinski definition) is 7. The molecule has 0 aromatic heterocycles. The van der Waals surface area contributed by atoms with E-state index < -0.39 is 11.0 Å². The van der Waals surface area contributed by atoms with Gasteiger partial charge in [0, 0.05) is 31.1 Å². The minimum absolute atomic E-state index is 0.00611. The SMILES string of the molecule is COc1ccc(OC)c(C(O)CNC(=O)CCNc2ccccc2[N+](=O)[O-])c1. The number of carbonyl (C=O) groups is 1. The zero-order valence-electron chi connectivity index (χ0n) is 15.7. The molecule has 150 valence electrons. The first-order valence-electron chi connectivity index (χ1n) is 8.60. The molecule has 0 aliphatic heterocycles. The van der Waals surface area contributed by atoms with Gasteiger partial charge in [-0.1, -0.05) is 12.1 Å². The molecule has 0 fully saturated rings. The zero-order valence-corrected chi connectivity index (χ0v) is 15.7. The maximum absolute atomic E-state index is 12.0. The third-order valence-corrected chi connectivity index (χ3v) is 4.06. The maximum atomic E-state index is 12.0. The van der Waals surface area contributed by atoms with Gasteiger partial charge in [0.15, 0.2) is 0 Å². The zero-order chi connectivity index (χ0) is 20.5. The molecule has 2 aromatic carbocycles. The average Bonchev–Trinajstić information content (AvgIpc) is 2.71. The lowest BCUT2D eigenvalue weighted by molar-refractivity contribution is -0.384. The fraction of sp³-hybridized carbons (Fsp3) is 0.316. The van der Waals surface area contributed by atoms with E-state index in [-0.39, 0.29) is 31.1 Å². The van der Waals surface area contributed by atoms with Crippen molar-refractivity contribution in [2.24, 2.45) is 0 Å². The first kappa shape index (κ1) is 21.0. The van der Waals surface area contributed by atoms with Crippen molar-refractivity contribution in [3.05, 3.63) is 58.1 Å². The van der Waals surface area contributed by atoms with Crippen LogP contribution in [0.5, 0.6) is 11.5 Å². The molecule has 0 heterocycles. The Morgan fingerprint density at radius 3 is 2.64 bits per heavy atom. The van der Waals surface area contributed by atoms with E-state index in [1.54, 1.807) is 36.4 Å². The number of amides is 1. The fourth-order valence-corrected chi connectivity index (χ4v) is 2.60. The molecular formula is C19H23N3O6. The highest BCUT2D eigenvalue weighted by atomic mass is 16.6. The molecular weight excluding hydrogens is 366 g/mol. The lowest BCUT2D eigenvalue weighted by atomic mass is 10.1. The summed E-state index contributed by atoms with van der Waals surface area (Å²) in [7, 11) is 3.01. The Hall–Kier alpha value is -3.33. The van der Waals surface area contributed by atoms with Gasteiger partial charge in [0.25, 0.3) is 5.69 Å². The normalized spacial score (nSPS) is 11.4. The number of nitrogens with one attached hydrogen (secondary N) is 2. The van der Waals surface area contributed by atoms with Crippen molar-refractivity contribution >= 4 is 17.3 Å². The number of para-hydroxylation sites is 2. The molecule has 1 amide bonds. The van der Waals surface area contributed by atoms with Crippen LogP contribution in [0.4, 0.5) is 11.4 Å². The summed E-state index contributed by atoms with van der Waals surface area (Å²) in [6, 6.07) is 11.2. The summed E-state index contributed by atoms with van der Waals surface area (Å²) in [5.41, 5.74) is 0.796. The van der Waals surface area contributed by atoms with Crippen molar-refractivity contribution in [3.8, 4) is 11.5 Å². The van der Waals surface area contributed by atoms with Crippen molar-refractivity contribution in [1.29, 1.82) is 0 Å². The van der Waals surface area contributed by atoms with Crippen LogP contribution in [-0.4, -0.2) is 43.2 Å². The molecule has 3 N–H and O–H groups in total. The summed E-state index contributed by atoms with van der Waals surface area (Å²) in [5, 5.41) is 26.8. The molecule has 1 unspecified atom stereocenters. The lowest BCUT2D eigenvalue weighted by Gasteiger charge is -2.16. The van der Waals surface area contributed by atoms with Crippen LogP contribution in [0.25, 0.3) is 0 Å². The molecule has 0 spiro atoms. The topological polar surface area (TPSA) is 123 Å². The number of aliphatic hydroxyl groups excluding tert-OH is 1. The highest BCUT2D eigenvalue weighted by Gasteiger charge is 2.16. The predicted octanol–water partition coefficient (Wildman–Crippen LogP) is 2.26. The number of nitrogens with zero attached hydrogens (tertiary/aromatic N) is 1. The Morgan fingerprint density at radius 2 is 1.96 bits per heavy atom. The van der Waals surface area contributed by atoms with Crippen molar-refractivity contribution in [2.45, 2.75) is 12.5 Å². The Morgan fingerprint density at radius 1 is 1.21 bits per heavy atom. The number of methoxy groups -OCH3 is 2. The summed E-state index contributed by atoms with van der Waals surface area (Å²) in [6.45, 7) is 0.211. The van der Waals surface area contributed by atoms with Gasteiger partial charge in [0.2, 0.25) is 5.91 Å². The quantitative estimate of drug-likeness (QED) is 0.421. The van der Waals surface area contributed by atoms with E-state index in [1.165, 1.54) is 20.3 Å². The highest BCUT2D eigenvalue weighted by Crippen LogP contribution is 2.29. The Kier molecular flexibility index (Phi) is 7.58. The minimum Gasteiger partial charge on any atom is -0.497 e. The van der Waals surface area contributed by atoms with E-state index >= 15 is 0 Å². The second-order valence-electron chi connectivity index (χ2n) is 5.88. The summed E-state index contributed by atoms with van der Waals surface area (Å²) in [6.07, 6.45) is -0.884. The number of carbonyl (C=O) groups excluding carboxylic acids is 1. The number of benzene rings is 2. The van der Waals surface area contributed by atoms with Crippen LogP contribution in [-0.2, 0) is 4.79 Å². The summed E-state index contributed by atoms with van der Waals surface area (Å²) in [4.78, 5) is 22.5. The number of nitro groups is 1. The van der Waals surface area contributed by atoms with E-state index in [0.717, 1.165) is 0 Å². The van der Waals surface area contributed by atoms with Gasteiger partial charge in [-0.05, 0) is 24.3 Å². The Balaban J connectivity index is 1.85. The summed E-state index contributed by atoms with van der Waals surface area (Å²) in [5.74, 6) is 0.752. The third-order valence-electron chi connectivity index (χ3n) is 4.06. The molecule has 0 aliphatic carbocycles. The molecule has 0 saturated carbocycles. The van der Waals surface area contributed by atoms with Crippen molar-refractivity contribution in [2.75, 3.05) is 32.6 Å². The molecule has 2 aromatic rings. The van der Waals surface area contributed by atoms with Crippen LogP contribution in [0.1, 0.15) is 18.1 Å². The average molecular weight is 389 g/mol. The number of ether oxygens (including phenoxy) is 2. The van der Waals surface area contributed by atoms with Crippen LogP contribution >= 0.6 is 0 Å². The van der Waals surface area contributed by atoms with Gasteiger partial charge in [-0.2, -0.15) is 0 Å². The maximum Gasteiger partial charge on any atom is 0.292 e. The van der Waals surface area contributed by atoms with Crippen LogP contribution in [0.15, 0.2) is 42.5 Å². The second kappa shape index (κ2) is 10.1. The Labute approximate surface area is 162 Å². The first-order chi connectivity index (χ1) is 13.5. The first-order valence-corrected chi connectivity index (χ1v) is 8.60. The molecule has 2 rings (SSSR count). The molecule has 0 bridgehead atoms. The fourth-order valence-electron chi connectivity index (χ4n) is 2.60. The number of nitro benzene ring substituents is 1. The highest BCUT2D eigenvalue weighted by molar-refractivity contribution is 5.76. The van der Waals surface area contributed by atoms with Crippen LogP contribution < -0.4 is 20.1 Å². The van der Waals surface area contributed by atoms with E-state index in [4.69, 9.17) is 9.47 Å². The van der Waals surface area contributed by atoms with E-state index in [0.29, 0.717) is 22.7 Å². The van der Waals surface area contributed by atoms with Crippen molar-refractivity contribution < 1.29 is 24.3 Å². The minimum atomic E-state index is -0.975. The lowest BCUT2D eigenvalue weighted by Crippen LogP contribution is -2.29. The van der Waals surface area contributed by atoms with E-state index in [1.807, 2.05) is 0 Å². The van der Waals surface area contributed by atoms with Gasteiger partial charge in [-0.25, -0.2) is 0 Å². The Bertz CT molecular complexity index is 827. The van der Waals surface area contributed by atoms with E-state index in [9.17, 15) is 20.0 Å². The van der Waals surface area contributed by atoms with E-state index in [2.05, 4.69) is 10.6 Å². The van der Waals surface area contributed by atoms with Gasteiger partial charge >= 0.3 is 0 Å². The van der Waals surface area contributed by atoms with Crippen molar-refractivity contribution in [1.82, 2.24) is 5.32 Å². The molecule has 0 radical (unpaired) electrons. The molecule has 28 heavy (non-hydrogen) atoms. The monoisotopic (exact) mass is 389 g/mol. The summed E-state index contributed by atoms with van der Waals surface area (Å²) < 4.78 is 10.4. The predicted molar refractivity (Wildman–Crippen MR) is 104 cm³/mol. The number of hydrogen-bond donors (Lipinski definition) is 3. The van der Waals surface area contributed by atoms with Crippen LogP contribution in [0.2, 0.25) is 0 Å². The molecule has 9 heteroatoms. The second-order valence-corrected chi connectivity index (χ2v) is 5.88. The van der Waals surface area contributed by atoms with Gasteiger partial charge in [-0.15, -0.1) is 0 Å². The smallest absolute Gasteiger partial charge is 0.292 e. The van der Waals surface area contributed by atoms with Gasteiger partial charge in [0.05, 0.1) is 25.2 Å². The number of anilines is 1. The third kappa shape index (κ3) is 5.58. The van der Waals surface area contributed by atoms with Gasteiger partial charge in [0.1, 0.15) is 17.2 Å². The standard InChI is InChI=1S/C19H23N3O6/c1-27-13-7-8-18(28-2)14(11-13)17(23)12-21-19(24)9-10-20-15-5-3-4-6-16(15)22(25)26/h3-8,11,17,20,23H,9-10,12H2,1-2H3,(H,21,24). The molecule has 0 aliphatic rings. The number of rotatable bonds is 10. The largest absolute Gasteiger partial charge is 0.497 e. The molecule has 9 nitrogen and oxygen atoms in total. The van der Waals surface area contributed by atoms with Gasteiger partial charge < -0.3 is 25.2 Å². The number of aliphatic hydroxyl groups is 1. The van der Waals surface area contributed by atoms with Crippen LogP contribution in [0.3, 0.4) is 0 Å². The molecule has 1 atom stereocenters. The van der Waals surface area contributed by atoms with Crippen molar-refractivity contribution in [3.63, 3.8) is 0 Å². The van der Waals surface area contributed by atoms with Gasteiger partial charge in [-0.3, -0.25) is 14.9 Å².